The van der Waals surface area contributed by atoms with Crippen LogP contribution in [0.2, 0.25) is 0 Å². The molecule has 4 nitrogen and oxygen atoms in total. The summed E-state index contributed by atoms with van der Waals surface area (Å²) in [4.78, 5) is 11.7. The SMILES string of the molecule is COC(=O)c1ccc(C(F)(F)F)c(N[C@@H](C)C2CCC(NCC(F)(F)F)CC2)c1. The molecule has 1 fully saturated rings. The molecule has 0 bridgehead atoms. The second-order valence-electron chi connectivity index (χ2n) is 7.29. The summed E-state index contributed by atoms with van der Waals surface area (Å²) in [6, 6.07) is 2.39. The van der Waals surface area contributed by atoms with E-state index in [1.165, 1.54) is 0 Å². The van der Waals surface area contributed by atoms with Gasteiger partial charge in [-0.15, -0.1) is 0 Å². The Kier molecular flexibility index (Phi) is 7.42. The van der Waals surface area contributed by atoms with Crippen LogP contribution in [0.1, 0.15) is 48.5 Å². The van der Waals surface area contributed by atoms with Crippen molar-refractivity contribution in [2.45, 2.75) is 57.0 Å². The molecular weight excluding hydrogens is 402 g/mol. The molecular formula is C19H24F6N2O2. The Labute approximate surface area is 165 Å². The number of hydrogen-bond donors (Lipinski definition) is 2. The van der Waals surface area contributed by atoms with E-state index < -0.39 is 30.4 Å². The number of rotatable bonds is 6. The maximum atomic E-state index is 13.3. The Bertz CT molecular complexity index is 697. The van der Waals surface area contributed by atoms with E-state index in [0.717, 1.165) is 25.3 Å². The normalized spacial score (nSPS) is 21.5. The number of nitrogens with one attached hydrogen (secondary N) is 2. The van der Waals surface area contributed by atoms with Crippen molar-refractivity contribution in [3.05, 3.63) is 29.3 Å². The third-order valence-electron chi connectivity index (χ3n) is 5.20. The van der Waals surface area contributed by atoms with Gasteiger partial charge in [-0.3, -0.25) is 0 Å². The molecule has 0 unspecified atom stereocenters. The summed E-state index contributed by atoms with van der Waals surface area (Å²) >= 11 is 0. The summed E-state index contributed by atoms with van der Waals surface area (Å²) in [5.74, 6) is -0.743. The highest BCUT2D eigenvalue weighted by Crippen LogP contribution is 2.37. The van der Waals surface area contributed by atoms with Crippen LogP contribution in [0.25, 0.3) is 0 Å². The molecule has 10 heteroatoms. The lowest BCUT2D eigenvalue weighted by atomic mass is 9.82. The van der Waals surface area contributed by atoms with Crippen LogP contribution in [0.15, 0.2) is 18.2 Å². The molecule has 29 heavy (non-hydrogen) atoms. The summed E-state index contributed by atoms with van der Waals surface area (Å²) in [5, 5.41) is 5.33. The number of halogens is 6. The maximum Gasteiger partial charge on any atom is 0.418 e. The van der Waals surface area contributed by atoms with E-state index in [2.05, 4.69) is 15.4 Å². The zero-order valence-electron chi connectivity index (χ0n) is 16.1. The zero-order valence-corrected chi connectivity index (χ0v) is 16.1. The Morgan fingerprint density at radius 2 is 1.76 bits per heavy atom. The number of methoxy groups -OCH3 is 1. The second kappa shape index (κ2) is 9.23. The monoisotopic (exact) mass is 426 g/mol. The average molecular weight is 426 g/mol. The first-order valence-corrected chi connectivity index (χ1v) is 9.27. The molecule has 2 rings (SSSR count). The van der Waals surface area contributed by atoms with Crippen molar-refractivity contribution in [1.82, 2.24) is 5.32 Å². The molecule has 1 aliphatic rings. The Morgan fingerprint density at radius 3 is 2.28 bits per heavy atom. The van der Waals surface area contributed by atoms with Gasteiger partial charge >= 0.3 is 18.3 Å². The molecule has 0 radical (unpaired) electrons. The van der Waals surface area contributed by atoms with Crippen LogP contribution in [-0.4, -0.2) is 37.9 Å². The lowest BCUT2D eigenvalue weighted by molar-refractivity contribution is -0.137. The molecule has 0 amide bonds. The minimum Gasteiger partial charge on any atom is -0.465 e. The van der Waals surface area contributed by atoms with E-state index in [1.807, 2.05) is 0 Å². The predicted octanol–water partition coefficient (Wildman–Crippen LogP) is 5.00. The fourth-order valence-corrected chi connectivity index (χ4v) is 3.60. The molecule has 0 saturated heterocycles. The number of carbonyl (C=O) groups excluding carboxylic acids is 1. The van der Waals surface area contributed by atoms with E-state index >= 15 is 0 Å². The minimum atomic E-state index is -4.60. The first-order valence-electron chi connectivity index (χ1n) is 9.27. The highest BCUT2D eigenvalue weighted by molar-refractivity contribution is 5.90. The highest BCUT2D eigenvalue weighted by atomic mass is 19.4. The highest BCUT2D eigenvalue weighted by Gasteiger charge is 2.35. The summed E-state index contributed by atoms with van der Waals surface area (Å²) in [7, 11) is 1.14. The van der Waals surface area contributed by atoms with Crippen LogP contribution in [0.4, 0.5) is 32.0 Å². The third kappa shape index (κ3) is 6.80. The van der Waals surface area contributed by atoms with Crippen molar-refractivity contribution in [3.63, 3.8) is 0 Å². The van der Waals surface area contributed by atoms with Gasteiger partial charge in [0.05, 0.1) is 24.8 Å². The number of esters is 1. The van der Waals surface area contributed by atoms with Crippen LogP contribution in [0.3, 0.4) is 0 Å². The zero-order chi connectivity index (χ0) is 21.8. The number of anilines is 1. The van der Waals surface area contributed by atoms with Crippen LogP contribution < -0.4 is 10.6 Å². The largest absolute Gasteiger partial charge is 0.465 e. The van der Waals surface area contributed by atoms with Crippen molar-refractivity contribution in [3.8, 4) is 0 Å². The molecule has 164 valence electrons. The Morgan fingerprint density at radius 1 is 1.14 bits per heavy atom. The van der Waals surface area contributed by atoms with E-state index in [9.17, 15) is 31.1 Å². The predicted molar refractivity (Wildman–Crippen MR) is 95.7 cm³/mol. The Balaban J connectivity index is 2.04. The first-order chi connectivity index (χ1) is 13.4. The molecule has 1 aromatic rings. The topological polar surface area (TPSA) is 50.4 Å². The smallest absolute Gasteiger partial charge is 0.418 e. The van der Waals surface area contributed by atoms with Crippen molar-refractivity contribution in [2.24, 2.45) is 5.92 Å². The molecule has 1 aromatic carbocycles. The standard InChI is InChI=1S/C19H24F6N2O2/c1-11(12-3-6-14(7-4-12)26-10-18(20,21)22)27-16-9-13(17(28)29-2)5-8-15(16)19(23,24)25/h5,8-9,11-12,14,26-27H,3-4,6-7,10H2,1-2H3/t11-,12?,14?/m0/s1. The first kappa shape index (κ1) is 23.3. The van der Waals surface area contributed by atoms with Gasteiger partial charge in [-0.05, 0) is 56.7 Å². The van der Waals surface area contributed by atoms with Crippen molar-refractivity contribution < 1.29 is 35.9 Å². The van der Waals surface area contributed by atoms with Crippen LogP contribution in [-0.2, 0) is 10.9 Å². The summed E-state index contributed by atoms with van der Waals surface area (Å²) in [6.45, 7) is 0.685. The lowest BCUT2D eigenvalue weighted by Crippen LogP contribution is -2.41. The molecule has 1 aliphatic carbocycles. The fourth-order valence-electron chi connectivity index (χ4n) is 3.60. The van der Waals surface area contributed by atoms with Gasteiger partial charge in [-0.25, -0.2) is 4.79 Å². The van der Waals surface area contributed by atoms with E-state index in [4.69, 9.17) is 0 Å². The molecule has 0 spiro atoms. The fraction of sp³-hybridized carbons (Fsp3) is 0.632. The maximum absolute atomic E-state index is 13.3. The van der Waals surface area contributed by atoms with Gasteiger partial charge < -0.3 is 15.4 Å². The van der Waals surface area contributed by atoms with Gasteiger partial charge in [-0.2, -0.15) is 26.3 Å². The molecule has 0 aliphatic heterocycles. The summed E-state index contributed by atoms with van der Waals surface area (Å²) in [5.41, 5.74) is -1.11. The Hall–Kier alpha value is -1.97. The second-order valence-corrected chi connectivity index (χ2v) is 7.29. The van der Waals surface area contributed by atoms with Crippen molar-refractivity contribution in [1.29, 1.82) is 0 Å². The van der Waals surface area contributed by atoms with Gasteiger partial charge in [0, 0.05) is 17.8 Å². The number of hydrogen-bond acceptors (Lipinski definition) is 4. The lowest BCUT2D eigenvalue weighted by Gasteiger charge is -2.34. The van der Waals surface area contributed by atoms with E-state index in [1.54, 1.807) is 6.92 Å². The van der Waals surface area contributed by atoms with Crippen LogP contribution >= 0.6 is 0 Å². The van der Waals surface area contributed by atoms with E-state index in [0.29, 0.717) is 25.7 Å². The molecule has 0 aromatic heterocycles. The number of ether oxygens (including phenoxy) is 1. The van der Waals surface area contributed by atoms with Gasteiger partial charge in [0.2, 0.25) is 0 Å². The summed E-state index contributed by atoms with van der Waals surface area (Å²) in [6.07, 6.45) is -6.67. The number of alkyl halides is 6. The quantitative estimate of drug-likeness (QED) is 0.496. The van der Waals surface area contributed by atoms with Gasteiger partial charge in [0.1, 0.15) is 0 Å². The molecule has 2 N–H and O–H groups in total. The van der Waals surface area contributed by atoms with E-state index in [-0.39, 0.29) is 29.3 Å². The number of benzene rings is 1. The van der Waals surface area contributed by atoms with Gasteiger partial charge in [0.25, 0.3) is 0 Å². The molecule has 0 heterocycles. The average Bonchev–Trinajstić information content (AvgIpc) is 2.64. The van der Waals surface area contributed by atoms with Crippen molar-refractivity contribution in [2.75, 3.05) is 19.0 Å². The summed E-state index contributed by atoms with van der Waals surface area (Å²) < 4.78 is 81.5. The minimum absolute atomic E-state index is 0.00167. The molecule has 1 atom stereocenters. The van der Waals surface area contributed by atoms with Crippen LogP contribution in [0, 0.1) is 5.92 Å². The van der Waals surface area contributed by atoms with Crippen molar-refractivity contribution >= 4 is 11.7 Å². The molecule has 1 saturated carbocycles. The van der Waals surface area contributed by atoms with Gasteiger partial charge in [0.15, 0.2) is 0 Å². The third-order valence-corrected chi connectivity index (χ3v) is 5.20. The van der Waals surface area contributed by atoms with Gasteiger partial charge in [-0.1, -0.05) is 0 Å². The number of carbonyl (C=O) groups is 1. The van der Waals surface area contributed by atoms with Crippen LogP contribution in [0.5, 0.6) is 0 Å².